The van der Waals surface area contributed by atoms with E-state index in [1.54, 1.807) is 6.07 Å². The first-order valence-corrected chi connectivity index (χ1v) is 6.95. The van der Waals surface area contributed by atoms with Gasteiger partial charge in [0.1, 0.15) is 0 Å². The van der Waals surface area contributed by atoms with Crippen molar-refractivity contribution in [2.24, 2.45) is 11.7 Å². The van der Waals surface area contributed by atoms with Gasteiger partial charge in [0.2, 0.25) is 0 Å². The number of nitro benzene ring substituents is 1. The van der Waals surface area contributed by atoms with Crippen LogP contribution in [0.15, 0.2) is 22.7 Å². The van der Waals surface area contributed by atoms with Crippen LogP contribution < -0.4 is 11.1 Å². The van der Waals surface area contributed by atoms with E-state index in [9.17, 15) is 10.1 Å². The van der Waals surface area contributed by atoms with Crippen LogP contribution >= 0.6 is 15.9 Å². The summed E-state index contributed by atoms with van der Waals surface area (Å²) < 4.78 is 6.31. The van der Waals surface area contributed by atoms with Gasteiger partial charge in [0, 0.05) is 40.9 Å². The Balaban J connectivity index is 1.75. The van der Waals surface area contributed by atoms with Crippen molar-refractivity contribution in [2.75, 3.05) is 11.9 Å². The zero-order valence-corrected chi connectivity index (χ0v) is 11.7. The summed E-state index contributed by atoms with van der Waals surface area (Å²) in [5.74, 6) is 0.439. The molecule has 7 heteroatoms. The molecule has 19 heavy (non-hydrogen) atoms. The molecule has 1 heterocycles. The number of anilines is 1. The van der Waals surface area contributed by atoms with Gasteiger partial charge in [-0.25, -0.2) is 0 Å². The lowest BCUT2D eigenvalue weighted by molar-refractivity contribution is -0.384. The molecule has 2 aliphatic rings. The molecular formula is C12H14BrN3O3. The van der Waals surface area contributed by atoms with Crippen molar-refractivity contribution < 1.29 is 9.66 Å². The second kappa shape index (κ2) is 4.73. The molecule has 102 valence electrons. The molecule has 4 unspecified atom stereocenters. The van der Waals surface area contributed by atoms with E-state index in [2.05, 4.69) is 21.2 Å². The molecule has 0 spiro atoms. The summed E-state index contributed by atoms with van der Waals surface area (Å²) >= 11 is 3.34. The lowest BCUT2D eigenvalue weighted by Crippen LogP contribution is -2.65. The van der Waals surface area contributed by atoms with Crippen molar-refractivity contribution >= 4 is 27.3 Å². The van der Waals surface area contributed by atoms with E-state index in [4.69, 9.17) is 10.5 Å². The van der Waals surface area contributed by atoms with Crippen molar-refractivity contribution in [1.29, 1.82) is 0 Å². The molecule has 1 saturated carbocycles. The number of nitrogens with zero attached hydrogens (tertiary/aromatic N) is 1. The molecule has 4 atom stereocenters. The monoisotopic (exact) mass is 327 g/mol. The molecule has 0 radical (unpaired) electrons. The average Bonchev–Trinajstić information content (AvgIpc) is 2.81. The van der Waals surface area contributed by atoms with Crippen molar-refractivity contribution in [1.82, 2.24) is 0 Å². The third-order valence-electron chi connectivity index (χ3n) is 3.93. The number of fused-ring (bicyclic) bond motifs is 1. The van der Waals surface area contributed by atoms with Gasteiger partial charge in [0.05, 0.1) is 17.1 Å². The minimum atomic E-state index is -0.417. The van der Waals surface area contributed by atoms with Gasteiger partial charge in [-0.05, 0) is 28.4 Å². The highest BCUT2D eigenvalue weighted by atomic mass is 79.9. The maximum absolute atomic E-state index is 10.7. The minimum Gasteiger partial charge on any atom is -0.377 e. The lowest BCUT2D eigenvalue weighted by Gasteiger charge is -2.46. The van der Waals surface area contributed by atoms with Crippen LogP contribution in [0.5, 0.6) is 0 Å². The van der Waals surface area contributed by atoms with E-state index < -0.39 is 4.92 Å². The van der Waals surface area contributed by atoms with Gasteiger partial charge < -0.3 is 15.8 Å². The molecule has 1 aromatic carbocycles. The Morgan fingerprint density at radius 3 is 3.00 bits per heavy atom. The van der Waals surface area contributed by atoms with Crippen LogP contribution in [0.2, 0.25) is 0 Å². The van der Waals surface area contributed by atoms with Gasteiger partial charge in [-0.2, -0.15) is 0 Å². The quantitative estimate of drug-likeness (QED) is 0.653. The second-order valence-corrected chi connectivity index (χ2v) is 5.81. The Labute approximate surface area is 118 Å². The molecule has 0 aromatic heterocycles. The summed E-state index contributed by atoms with van der Waals surface area (Å²) in [5, 5.41) is 14.0. The van der Waals surface area contributed by atoms with E-state index in [-0.39, 0.29) is 23.9 Å². The van der Waals surface area contributed by atoms with Crippen LogP contribution in [0.3, 0.4) is 0 Å². The molecule has 1 saturated heterocycles. The van der Waals surface area contributed by atoms with E-state index in [1.165, 1.54) is 12.1 Å². The first-order valence-electron chi connectivity index (χ1n) is 6.15. The smallest absolute Gasteiger partial charge is 0.270 e. The highest BCUT2D eigenvalue weighted by Crippen LogP contribution is 2.40. The third-order valence-corrected chi connectivity index (χ3v) is 4.59. The number of rotatable bonds is 3. The summed E-state index contributed by atoms with van der Waals surface area (Å²) in [6, 6.07) is 4.81. The van der Waals surface area contributed by atoms with E-state index in [1.807, 2.05) is 0 Å². The number of hydrogen-bond donors (Lipinski definition) is 2. The van der Waals surface area contributed by atoms with Gasteiger partial charge in [-0.1, -0.05) is 0 Å². The molecule has 0 bridgehead atoms. The number of benzene rings is 1. The summed E-state index contributed by atoms with van der Waals surface area (Å²) in [7, 11) is 0. The Kier molecular flexibility index (Phi) is 3.20. The average molecular weight is 328 g/mol. The van der Waals surface area contributed by atoms with Gasteiger partial charge in [-0.3, -0.25) is 10.1 Å². The van der Waals surface area contributed by atoms with Gasteiger partial charge >= 0.3 is 0 Å². The number of ether oxygens (including phenoxy) is 1. The number of halogens is 1. The first kappa shape index (κ1) is 12.8. The number of non-ortho nitro benzene ring substituents is 1. The summed E-state index contributed by atoms with van der Waals surface area (Å²) in [6.07, 6.45) is 1.18. The van der Waals surface area contributed by atoms with Crippen LogP contribution in [0.25, 0.3) is 0 Å². The highest BCUT2D eigenvalue weighted by Gasteiger charge is 2.52. The molecule has 1 aliphatic heterocycles. The van der Waals surface area contributed by atoms with Crippen LogP contribution in [-0.2, 0) is 4.74 Å². The minimum absolute atomic E-state index is 0.0605. The number of hydrogen-bond acceptors (Lipinski definition) is 5. The Bertz CT molecular complexity index is 525. The van der Waals surface area contributed by atoms with Crippen molar-refractivity contribution in [3.05, 3.63) is 32.8 Å². The zero-order valence-electron chi connectivity index (χ0n) is 10.1. The molecule has 2 fully saturated rings. The van der Waals surface area contributed by atoms with Crippen molar-refractivity contribution in [3.63, 3.8) is 0 Å². The fourth-order valence-corrected chi connectivity index (χ4v) is 3.32. The lowest BCUT2D eigenvalue weighted by atomic mass is 9.72. The maximum Gasteiger partial charge on any atom is 0.270 e. The fraction of sp³-hybridized carbons (Fsp3) is 0.500. The van der Waals surface area contributed by atoms with Crippen LogP contribution in [0.4, 0.5) is 11.4 Å². The topological polar surface area (TPSA) is 90.4 Å². The fourth-order valence-electron chi connectivity index (χ4n) is 2.84. The zero-order chi connectivity index (χ0) is 13.6. The molecule has 1 aliphatic carbocycles. The third kappa shape index (κ3) is 2.11. The SMILES string of the molecule is NC1C2CCOC2C1Nc1ccc([N+](=O)[O-])cc1Br. The highest BCUT2D eigenvalue weighted by molar-refractivity contribution is 9.10. The van der Waals surface area contributed by atoms with Crippen LogP contribution in [-0.4, -0.2) is 29.7 Å². The standard InChI is InChI=1S/C12H14BrN3O3/c13-8-5-6(16(17)18)1-2-9(8)15-11-10(14)7-3-4-19-12(7)11/h1-2,5,7,10-12,15H,3-4,14H2. The van der Waals surface area contributed by atoms with Gasteiger partial charge in [0.15, 0.2) is 0 Å². The predicted molar refractivity (Wildman–Crippen MR) is 74.0 cm³/mol. The summed E-state index contributed by atoms with van der Waals surface area (Å²) in [5.41, 5.74) is 6.98. The van der Waals surface area contributed by atoms with E-state index >= 15 is 0 Å². The van der Waals surface area contributed by atoms with Gasteiger partial charge in [0.25, 0.3) is 5.69 Å². The summed E-state index contributed by atoms with van der Waals surface area (Å²) in [4.78, 5) is 10.3. The molecule has 3 rings (SSSR count). The largest absolute Gasteiger partial charge is 0.377 e. The van der Waals surface area contributed by atoms with Crippen molar-refractivity contribution in [3.8, 4) is 0 Å². The molecule has 6 nitrogen and oxygen atoms in total. The second-order valence-electron chi connectivity index (χ2n) is 4.96. The molecule has 1 aromatic rings. The van der Waals surface area contributed by atoms with E-state index in [0.717, 1.165) is 18.7 Å². The van der Waals surface area contributed by atoms with Crippen LogP contribution in [0, 0.1) is 16.0 Å². The van der Waals surface area contributed by atoms with Crippen molar-refractivity contribution in [2.45, 2.75) is 24.6 Å². The van der Waals surface area contributed by atoms with Gasteiger partial charge in [-0.15, -0.1) is 0 Å². The molecule has 0 amide bonds. The normalized spacial score (nSPS) is 32.5. The Morgan fingerprint density at radius 1 is 1.53 bits per heavy atom. The first-order chi connectivity index (χ1) is 9.08. The molecule has 3 N–H and O–H groups in total. The Hall–Kier alpha value is -1.18. The predicted octanol–water partition coefficient (Wildman–Crippen LogP) is 1.88. The number of nitro groups is 1. The number of nitrogens with two attached hydrogens (primary N) is 1. The summed E-state index contributed by atoms with van der Waals surface area (Å²) in [6.45, 7) is 0.767. The number of nitrogens with one attached hydrogen (secondary N) is 1. The maximum atomic E-state index is 10.7. The Morgan fingerprint density at radius 2 is 2.32 bits per heavy atom. The van der Waals surface area contributed by atoms with E-state index in [0.29, 0.717) is 10.4 Å². The van der Waals surface area contributed by atoms with Crippen LogP contribution in [0.1, 0.15) is 6.42 Å². The molecular weight excluding hydrogens is 314 g/mol.